The normalized spacial score (nSPS) is 10.7. The fraction of sp³-hybridized carbons (Fsp3) is 0.692. The van der Waals surface area contributed by atoms with Gasteiger partial charge in [-0.3, -0.25) is 0 Å². The van der Waals surface area contributed by atoms with Crippen molar-refractivity contribution in [1.29, 1.82) is 0 Å². The first-order valence-electron chi connectivity index (χ1n) is 6.68. The lowest BCUT2D eigenvalue weighted by Gasteiger charge is -2.10. The Morgan fingerprint density at radius 3 is 2.72 bits per heavy atom. The first-order chi connectivity index (χ1) is 8.72. The molecular formula is C13H25N5. The van der Waals surface area contributed by atoms with Crippen LogP contribution in [-0.2, 0) is 0 Å². The van der Waals surface area contributed by atoms with E-state index in [1.54, 1.807) is 6.20 Å². The quantitative estimate of drug-likeness (QED) is 0.658. The molecule has 0 radical (unpaired) electrons. The second kappa shape index (κ2) is 8.69. The van der Waals surface area contributed by atoms with E-state index in [1.807, 2.05) is 6.07 Å². The van der Waals surface area contributed by atoms with Crippen LogP contribution in [0.2, 0.25) is 0 Å². The first kappa shape index (κ1) is 14.7. The van der Waals surface area contributed by atoms with Gasteiger partial charge < -0.3 is 15.5 Å². The molecule has 18 heavy (non-hydrogen) atoms. The first-order valence-corrected chi connectivity index (χ1v) is 6.68. The number of hydrogen-bond donors (Lipinski definition) is 2. The summed E-state index contributed by atoms with van der Waals surface area (Å²) >= 11 is 0. The predicted octanol–water partition coefficient (Wildman–Crippen LogP) is 2.05. The fourth-order valence-electron chi connectivity index (χ4n) is 1.55. The van der Waals surface area contributed by atoms with Crippen molar-refractivity contribution in [2.45, 2.75) is 26.2 Å². The highest BCUT2D eigenvalue weighted by Gasteiger charge is 1.98. The molecule has 1 heterocycles. The largest absolute Gasteiger partial charge is 0.370 e. The highest BCUT2D eigenvalue weighted by Crippen LogP contribution is 2.05. The molecule has 0 aliphatic heterocycles. The fourth-order valence-corrected chi connectivity index (χ4v) is 1.55. The Morgan fingerprint density at radius 2 is 2.00 bits per heavy atom. The van der Waals surface area contributed by atoms with Crippen LogP contribution >= 0.6 is 0 Å². The van der Waals surface area contributed by atoms with Gasteiger partial charge in [0.2, 0.25) is 5.95 Å². The van der Waals surface area contributed by atoms with Crippen LogP contribution < -0.4 is 10.6 Å². The molecule has 0 fully saturated rings. The monoisotopic (exact) mass is 251 g/mol. The highest BCUT2D eigenvalue weighted by atomic mass is 15.1. The maximum Gasteiger partial charge on any atom is 0.224 e. The minimum absolute atomic E-state index is 0.704. The minimum atomic E-state index is 0.704. The zero-order valence-corrected chi connectivity index (χ0v) is 11.7. The molecule has 1 aromatic rings. The van der Waals surface area contributed by atoms with Gasteiger partial charge in [0.1, 0.15) is 5.82 Å². The molecule has 1 aromatic heterocycles. The van der Waals surface area contributed by atoms with Gasteiger partial charge in [0.05, 0.1) is 0 Å². The van der Waals surface area contributed by atoms with E-state index in [9.17, 15) is 0 Å². The van der Waals surface area contributed by atoms with Crippen molar-refractivity contribution in [3.8, 4) is 0 Å². The molecule has 2 N–H and O–H groups in total. The van der Waals surface area contributed by atoms with Gasteiger partial charge in [-0.05, 0) is 46.0 Å². The molecule has 0 aliphatic carbocycles. The van der Waals surface area contributed by atoms with Gasteiger partial charge in [0.15, 0.2) is 0 Å². The Morgan fingerprint density at radius 1 is 1.17 bits per heavy atom. The molecule has 0 spiro atoms. The van der Waals surface area contributed by atoms with Crippen molar-refractivity contribution in [3.05, 3.63) is 12.3 Å². The summed E-state index contributed by atoms with van der Waals surface area (Å²) in [5.41, 5.74) is 0. The van der Waals surface area contributed by atoms with Gasteiger partial charge in [-0.25, -0.2) is 4.98 Å². The second-order valence-corrected chi connectivity index (χ2v) is 4.63. The lowest BCUT2D eigenvalue weighted by Crippen LogP contribution is -2.14. The molecule has 5 nitrogen and oxygen atoms in total. The number of unbranched alkanes of at least 4 members (excludes halogenated alkanes) is 1. The summed E-state index contributed by atoms with van der Waals surface area (Å²) < 4.78 is 0. The van der Waals surface area contributed by atoms with E-state index in [1.165, 1.54) is 6.42 Å². The summed E-state index contributed by atoms with van der Waals surface area (Å²) in [5, 5.41) is 6.51. The molecule has 0 unspecified atom stereocenters. The van der Waals surface area contributed by atoms with Crippen molar-refractivity contribution in [1.82, 2.24) is 14.9 Å². The Hall–Kier alpha value is -1.36. The highest BCUT2D eigenvalue weighted by molar-refractivity contribution is 5.39. The third kappa shape index (κ3) is 6.39. The summed E-state index contributed by atoms with van der Waals surface area (Å²) in [4.78, 5) is 10.8. The molecule has 5 heteroatoms. The Labute approximate surface area is 110 Å². The van der Waals surface area contributed by atoms with E-state index in [2.05, 4.69) is 46.5 Å². The van der Waals surface area contributed by atoms with Crippen molar-refractivity contribution < 1.29 is 0 Å². The number of hydrogen-bond acceptors (Lipinski definition) is 5. The summed E-state index contributed by atoms with van der Waals surface area (Å²) in [6.07, 6.45) is 5.21. The Kier molecular flexibility index (Phi) is 7.10. The molecule has 0 saturated carbocycles. The number of nitrogens with one attached hydrogen (secondary N) is 2. The average molecular weight is 251 g/mol. The smallest absolute Gasteiger partial charge is 0.224 e. The Bertz CT molecular complexity index is 327. The van der Waals surface area contributed by atoms with Crippen LogP contribution in [0.1, 0.15) is 26.2 Å². The Balaban J connectivity index is 2.24. The maximum atomic E-state index is 4.40. The van der Waals surface area contributed by atoms with Crippen LogP contribution in [0.3, 0.4) is 0 Å². The summed E-state index contributed by atoms with van der Waals surface area (Å²) in [6, 6.07) is 1.91. The van der Waals surface area contributed by atoms with Gasteiger partial charge in [-0.2, -0.15) is 4.98 Å². The van der Waals surface area contributed by atoms with Crippen LogP contribution in [-0.4, -0.2) is 48.6 Å². The van der Waals surface area contributed by atoms with Crippen LogP contribution in [0.4, 0.5) is 11.8 Å². The van der Waals surface area contributed by atoms with Crippen LogP contribution in [0, 0.1) is 0 Å². The molecule has 0 bridgehead atoms. The van der Waals surface area contributed by atoms with Gasteiger partial charge in [0, 0.05) is 19.3 Å². The van der Waals surface area contributed by atoms with Crippen molar-refractivity contribution in [3.63, 3.8) is 0 Å². The molecule has 0 amide bonds. The minimum Gasteiger partial charge on any atom is -0.370 e. The molecule has 0 saturated heterocycles. The van der Waals surface area contributed by atoms with Gasteiger partial charge >= 0.3 is 0 Å². The van der Waals surface area contributed by atoms with Crippen LogP contribution in [0.25, 0.3) is 0 Å². The topological polar surface area (TPSA) is 53.1 Å². The molecule has 0 atom stereocenters. The van der Waals surface area contributed by atoms with Crippen molar-refractivity contribution in [2.24, 2.45) is 0 Å². The molecule has 102 valence electrons. The number of rotatable bonds is 9. The van der Waals surface area contributed by atoms with E-state index in [4.69, 9.17) is 0 Å². The summed E-state index contributed by atoms with van der Waals surface area (Å²) in [5.74, 6) is 1.60. The molecular weight excluding hydrogens is 226 g/mol. The van der Waals surface area contributed by atoms with Gasteiger partial charge in [-0.1, -0.05) is 6.92 Å². The van der Waals surface area contributed by atoms with E-state index in [0.29, 0.717) is 5.95 Å². The second-order valence-electron chi connectivity index (χ2n) is 4.63. The van der Waals surface area contributed by atoms with Crippen molar-refractivity contribution in [2.75, 3.05) is 44.4 Å². The molecule has 0 aliphatic rings. The third-order valence-electron chi connectivity index (χ3n) is 2.53. The van der Waals surface area contributed by atoms with Gasteiger partial charge in [-0.15, -0.1) is 0 Å². The van der Waals surface area contributed by atoms with Crippen LogP contribution in [0.5, 0.6) is 0 Å². The number of anilines is 2. The van der Waals surface area contributed by atoms with Gasteiger partial charge in [0.25, 0.3) is 0 Å². The van der Waals surface area contributed by atoms with E-state index < -0.39 is 0 Å². The molecule has 1 rings (SSSR count). The lowest BCUT2D eigenvalue weighted by atomic mass is 10.3. The van der Waals surface area contributed by atoms with Crippen molar-refractivity contribution >= 4 is 11.8 Å². The zero-order valence-electron chi connectivity index (χ0n) is 11.7. The van der Waals surface area contributed by atoms with E-state index in [0.717, 1.165) is 38.3 Å². The average Bonchev–Trinajstić information content (AvgIpc) is 2.36. The third-order valence-corrected chi connectivity index (χ3v) is 2.53. The number of nitrogens with zero attached hydrogens (tertiary/aromatic N) is 3. The summed E-state index contributed by atoms with van der Waals surface area (Å²) in [6.45, 7) is 5.12. The zero-order chi connectivity index (χ0) is 13.2. The van der Waals surface area contributed by atoms with E-state index in [-0.39, 0.29) is 0 Å². The summed E-state index contributed by atoms with van der Waals surface area (Å²) in [7, 11) is 4.20. The predicted molar refractivity (Wildman–Crippen MR) is 77.1 cm³/mol. The maximum absolute atomic E-state index is 4.40. The number of aromatic nitrogens is 2. The SMILES string of the molecule is CCCNc1nccc(NCCCCN(C)C)n1. The van der Waals surface area contributed by atoms with E-state index >= 15 is 0 Å². The lowest BCUT2D eigenvalue weighted by molar-refractivity contribution is 0.396. The standard InChI is InChI=1S/C13H25N5/c1-4-8-15-13-16-10-7-12(17-13)14-9-5-6-11-18(2)3/h7,10H,4-6,8-9,11H2,1-3H3,(H2,14,15,16,17). The van der Waals surface area contributed by atoms with Crippen LogP contribution in [0.15, 0.2) is 12.3 Å². The molecule has 0 aromatic carbocycles.